The highest BCUT2D eigenvalue weighted by atomic mass is 35.5. The molecule has 2 heterocycles. The molecular formula is C25H20ClN5O2. The van der Waals surface area contributed by atoms with Gasteiger partial charge in [0.25, 0.3) is 5.56 Å². The number of nitrogens with zero attached hydrogens (tertiary/aromatic N) is 5. The van der Waals surface area contributed by atoms with Crippen LogP contribution >= 0.6 is 11.6 Å². The maximum absolute atomic E-state index is 13.2. The van der Waals surface area contributed by atoms with Crippen LogP contribution in [0.4, 0.5) is 0 Å². The molecule has 0 N–H and O–H groups in total. The van der Waals surface area contributed by atoms with Crippen LogP contribution in [-0.2, 0) is 13.1 Å². The van der Waals surface area contributed by atoms with Crippen LogP contribution in [0.15, 0.2) is 84.0 Å². The minimum Gasteiger partial charge on any atom is -0.497 e. The van der Waals surface area contributed by atoms with Gasteiger partial charge >= 0.3 is 0 Å². The molecule has 5 rings (SSSR count). The molecular weight excluding hydrogens is 438 g/mol. The van der Waals surface area contributed by atoms with Gasteiger partial charge in [0.1, 0.15) is 11.4 Å². The molecule has 33 heavy (non-hydrogen) atoms. The summed E-state index contributed by atoms with van der Waals surface area (Å²) >= 11 is 6.00. The zero-order valence-corrected chi connectivity index (χ0v) is 18.6. The zero-order chi connectivity index (χ0) is 22.8. The summed E-state index contributed by atoms with van der Waals surface area (Å²) < 4.78 is 8.49. The predicted octanol–water partition coefficient (Wildman–Crippen LogP) is 4.41. The van der Waals surface area contributed by atoms with Crippen molar-refractivity contribution in [2.75, 3.05) is 7.11 Å². The molecule has 0 aliphatic carbocycles. The molecule has 0 saturated carbocycles. The summed E-state index contributed by atoms with van der Waals surface area (Å²) in [6, 6.07) is 21.0. The maximum Gasteiger partial charge on any atom is 0.261 e. The Bertz CT molecular complexity index is 1470. The van der Waals surface area contributed by atoms with Crippen LogP contribution in [0.1, 0.15) is 11.3 Å². The second-order valence-corrected chi connectivity index (χ2v) is 8.11. The Morgan fingerprint density at radius 3 is 2.45 bits per heavy atom. The Balaban J connectivity index is 1.39. The van der Waals surface area contributed by atoms with E-state index in [2.05, 4.69) is 15.3 Å². The Morgan fingerprint density at radius 2 is 1.70 bits per heavy atom. The third-order valence-corrected chi connectivity index (χ3v) is 5.68. The van der Waals surface area contributed by atoms with Gasteiger partial charge in [-0.25, -0.2) is 9.67 Å². The summed E-state index contributed by atoms with van der Waals surface area (Å²) in [5.74, 6) is 0.806. The van der Waals surface area contributed by atoms with E-state index >= 15 is 0 Å². The minimum atomic E-state index is -0.125. The first-order chi connectivity index (χ1) is 16.1. The van der Waals surface area contributed by atoms with E-state index in [0.29, 0.717) is 28.2 Å². The molecule has 2 aromatic heterocycles. The molecule has 0 aliphatic rings. The first kappa shape index (κ1) is 20.9. The average Bonchev–Trinajstić information content (AvgIpc) is 3.28. The molecule has 0 saturated heterocycles. The third kappa shape index (κ3) is 4.49. The smallest absolute Gasteiger partial charge is 0.261 e. The molecule has 8 heteroatoms. The predicted molar refractivity (Wildman–Crippen MR) is 128 cm³/mol. The normalized spacial score (nSPS) is 11.1. The van der Waals surface area contributed by atoms with Gasteiger partial charge in [0.15, 0.2) is 0 Å². The molecule has 0 spiro atoms. The summed E-state index contributed by atoms with van der Waals surface area (Å²) in [5.41, 5.74) is 4.20. The van der Waals surface area contributed by atoms with Gasteiger partial charge in [0.2, 0.25) is 0 Å². The average molecular weight is 458 g/mol. The fourth-order valence-corrected chi connectivity index (χ4v) is 3.80. The highest BCUT2D eigenvalue weighted by Crippen LogP contribution is 2.23. The fourth-order valence-electron chi connectivity index (χ4n) is 3.67. The fraction of sp³-hybridized carbons (Fsp3) is 0.120. The summed E-state index contributed by atoms with van der Waals surface area (Å²) in [7, 11) is 1.64. The lowest BCUT2D eigenvalue weighted by atomic mass is 10.0. The molecule has 0 radical (unpaired) electrons. The number of hydrogen-bond acceptors (Lipinski definition) is 5. The third-order valence-electron chi connectivity index (χ3n) is 5.42. The van der Waals surface area contributed by atoms with Crippen molar-refractivity contribution in [3.05, 3.63) is 106 Å². The van der Waals surface area contributed by atoms with E-state index in [-0.39, 0.29) is 12.1 Å². The number of halogens is 1. The monoisotopic (exact) mass is 457 g/mol. The number of ether oxygens (including phenoxy) is 1. The van der Waals surface area contributed by atoms with Crippen molar-refractivity contribution in [3.8, 4) is 16.9 Å². The van der Waals surface area contributed by atoms with Crippen LogP contribution in [0.25, 0.3) is 22.0 Å². The molecule has 3 aromatic carbocycles. The van der Waals surface area contributed by atoms with Crippen LogP contribution in [0, 0.1) is 0 Å². The van der Waals surface area contributed by atoms with Gasteiger partial charge in [0, 0.05) is 5.02 Å². The van der Waals surface area contributed by atoms with Crippen molar-refractivity contribution in [1.82, 2.24) is 24.5 Å². The summed E-state index contributed by atoms with van der Waals surface area (Å²) in [5, 5.41) is 9.64. The Labute approximate surface area is 194 Å². The first-order valence-electron chi connectivity index (χ1n) is 10.4. The van der Waals surface area contributed by atoms with E-state index in [0.717, 1.165) is 22.4 Å². The van der Waals surface area contributed by atoms with Crippen LogP contribution in [0.5, 0.6) is 5.75 Å². The van der Waals surface area contributed by atoms with Crippen LogP contribution in [0.2, 0.25) is 5.02 Å². The Morgan fingerprint density at radius 1 is 0.939 bits per heavy atom. The van der Waals surface area contributed by atoms with Gasteiger partial charge in [-0.15, -0.1) is 5.10 Å². The largest absolute Gasteiger partial charge is 0.497 e. The van der Waals surface area contributed by atoms with Gasteiger partial charge in [0.05, 0.1) is 43.6 Å². The number of aromatic nitrogens is 5. The summed E-state index contributed by atoms with van der Waals surface area (Å²) in [4.78, 5) is 17.6. The molecule has 0 bridgehead atoms. The number of fused-ring (bicyclic) bond motifs is 1. The number of rotatable bonds is 6. The molecule has 164 valence electrons. The highest BCUT2D eigenvalue weighted by molar-refractivity contribution is 6.30. The zero-order valence-electron chi connectivity index (χ0n) is 17.9. The van der Waals surface area contributed by atoms with Gasteiger partial charge in [-0.05, 0) is 53.1 Å². The second-order valence-electron chi connectivity index (χ2n) is 7.67. The standard InChI is InChI=1S/C25H20ClN5O2/c1-33-22-9-2-17(3-10-22)13-31-15-21(28-29-31)14-30-16-27-24-11-6-19(12-23(24)25(30)32)18-4-7-20(26)8-5-18/h2-12,15-16H,13-14H2,1H3. The number of benzene rings is 3. The molecule has 7 nitrogen and oxygen atoms in total. The summed E-state index contributed by atoms with van der Waals surface area (Å²) in [6.45, 7) is 0.863. The molecule has 0 aliphatic heterocycles. The number of methoxy groups -OCH3 is 1. The lowest BCUT2D eigenvalue weighted by Gasteiger charge is -2.07. The van der Waals surface area contributed by atoms with Crippen molar-refractivity contribution in [2.45, 2.75) is 13.1 Å². The molecule has 0 fully saturated rings. The van der Waals surface area contributed by atoms with Gasteiger partial charge in [-0.3, -0.25) is 9.36 Å². The Kier molecular flexibility index (Phi) is 5.62. The quantitative estimate of drug-likeness (QED) is 0.377. The van der Waals surface area contributed by atoms with Crippen molar-refractivity contribution in [3.63, 3.8) is 0 Å². The minimum absolute atomic E-state index is 0.125. The highest BCUT2D eigenvalue weighted by Gasteiger charge is 2.09. The van der Waals surface area contributed by atoms with Gasteiger partial charge < -0.3 is 4.74 Å². The Hall–Kier alpha value is -3.97. The van der Waals surface area contributed by atoms with E-state index < -0.39 is 0 Å². The van der Waals surface area contributed by atoms with E-state index in [1.54, 1.807) is 22.7 Å². The van der Waals surface area contributed by atoms with E-state index in [4.69, 9.17) is 16.3 Å². The van der Waals surface area contributed by atoms with E-state index in [1.165, 1.54) is 0 Å². The topological polar surface area (TPSA) is 74.8 Å². The lowest BCUT2D eigenvalue weighted by molar-refractivity contribution is 0.414. The molecule has 0 amide bonds. The maximum atomic E-state index is 13.2. The number of hydrogen-bond donors (Lipinski definition) is 0. The first-order valence-corrected chi connectivity index (χ1v) is 10.7. The molecule has 0 unspecified atom stereocenters. The van der Waals surface area contributed by atoms with Crippen molar-refractivity contribution >= 4 is 22.5 Å². The van der Waals surface area contributed by atoms with Crippen LogP contribution < -0.4 is 10.3 Å². The van der Waals surface area contributed by atoms with Crippen LogP contribution in [-0.4, -0.2) is 31.7 Å². The van der Waals surface area contributed by atoms with Gasteiger partial charge in [-0.2, -0.15) is 0 Å². The molecule has 5 aromatic rings. The summed E-state index contributed by atoms with van der Waals surface area (Å²) in [6.07, 6.45) is 3.39. The molecule has 0 atom stereocenters. The second kappa shape index (κ2) is 8.88. The van der Waals surface area contributed by atoms with Gasteiger partial charge in [-0.1, -0.05) is 47.1 Å². The van der Waals surface area contributed by atoms with Crippen LogP contribution in [0.3, 0.4) is 0 Å². The van der Waals surface area contributed by atoms with Crippen molar-refractivity contribution < 1.29 is 4.74 Å². The van der Waals surface area contributed by atoms with E-state index in [9.17, 15) is 4.79 Å². The van der Waals surface area contributed by atoms with Crippen molar-refractivity contribution in [2.24, 2.45) is 0 Å². The lowest BCUT2D eigenvalue weighted by Crippen LogP contribution is -2.21. The SMILES string of the molecule is COc1ccc(Cn2cc(Cn3cnc4ccc(-c5ccc(Cl)cc5)cc4c3=O)nn2)cc1. The van der Waals surface area contributed by atoms with E-state index in [1.807, 2.05) is 72.9 Å². The van der Waals surface area contributed by atoms with Crippen molar-refractivity contribution in [1.29, 1.82) is 0 Å².